The SMILES string of the molecule is COc1nc2c(C)cccc2cc1-c1noc(-c2ccc(Cl)cc2)n1. The molecule has 0 bridgehead atoms. The number of benzene rings is 2. The Balaban J connectivity index is 1.83. The average molecular weight is 352 g/mol. The Morgan fingerprint density at radius 1 is 1.04 bits per heavy atom. The lowest BCUT2D eigenvalue weighted by Gasteiger charge is -2.08. The van der Waals surface area contributed by atoms with Gasteiger partial charge in [0, 0.05) is 16.0 Å². The van der Waals surface area contributed by atoms with E-state index in [4.69, 9.17) is 20.9 Å². The number of nitrogens with zero attached hydrogens (tertiary/aromatic N) is 3. The summed E-state index contributed by atoms with van der Waals surface area (Å²) in [5.74, 6) is 1.31. The van der Waals surface area contributed by atoms with E-state index < -0.39 is 0 Å². The molecule has 0 N–H and O–H groups in total. The summed E-state index contributed by atoms with van der Waals surface area (Å²) < 4.78 is 10.8. The summed E-state index contributed by atoms with van der Waals surface area (Å²) in [7, 11) is 1.58. The third-order valence-electron chi connectivity index (χ3n) is 3.96. The lowest BCUT2D eigenvalue weighted by Crippen LogP contribution is -1.95. The Morgan fingerprint density at radius 3 is 2.60 bits per heavy atom. The Bertz CT molecular complexity index is 1060. The maximum atomic E-state index is 5.92. The molecule has 0 aliphatic rings. The van der Waals surface area contributed by atoms with Gasteiger partial charge in [-0.15, -0.1) is 0 Å². The Kier molecular flexibility index (Phi) is 3.86. The van der Waals surface area contributed by atoms with Crippen LogP contribution < -0.4 is 4.74 Å². The van der Waals surface area contributed by atoms with E-state index in [1.54, 1.807) is 19.2 Å². The van der Waals surface area contributed by atoms with Crippen molar-refractivity contribution in [3.63, 3.8) is 0 Å². The zero-order valence-corrected chi connectivity index (χ0v) is 14.4. The number of rotatable bonds is 3. The topological polar surface area (TPSA) is 61.0 Å². The minimum absolute atomic E-state index is 0.415. The van der Waals surface area contributed by atoms with Gasteiger partial charge in [-0.05, 0) is 42.8 Å². The molecule has 124 valence electrons. The quantitative estimate of drug-likeness (QED) is 0.524. The predicted octanol–water partition coefficient (Wildman–Crippen LogP) is 4.92. The first-order valence-electron chi connectivity index (χ1n) is 7.70. The van der Waals surface area contributed by atoms with E-state index >= 15 is 0 Å². The van der Waals surface area contributed by atoms with Crippen molar-refractivity contribution in [2.24, 2.45) is 0 Å². The zero-order chi connectivity index (χ0) is 17.4. The van der Waals surface area contributed by atoms with Gasteiger partial charge in [0.25, 0.3) is 5.89 Å². The van der Waals surface area contributed by atoms with Crippen LogP contribution in [0.5, 0.6) is 5.88 Å². The molecular weight excluding hydrogens is 338 g/mol. The molecule has 4 rings (SSSR count). The number of hydrogen-bond donors (Lipinski definition) is 0. The van der Waals surface area contributed by atoms with Crippen molar-refractivity contribution in [1.82, 2.24) is 15.1 Å². The van der Waals surface area contributed by atoms with Gasteiger partial charge in [0.1, 0.15) is 0 Å². The van der Waals surface area contributed by atoms with Crippen molar-refractivity contribution in [2.45, 2.75) is 6.92 Å². The van der Waals surface area contributed by atoms with Crippen molar-refractivity contribution in [3.05, 3.63) is 59.1 Å². The maximum absolute atomic E-state index is 5.92. The minimum atomic E-state index is 0.415. The van der Waals surface area contributed by atoms with Gasteiger partial charge in [-0.1, -0.05) is 35.0 Å². The van der Waals surface area contributed by atoms with Crippen LogP contribution in [0.1, 0.15) is 5.56 Å². The number of hydrogen-bond acceptors (Lipinski definition) is 5. The van der Waals surface area contributed by atoms with Crippen LogP contribution in [-0.2, 0) is 0 Å². The summed E-state index contributed by atoms with van der Waals surface area (Å²) >= 11 is 5.92. The molecule has 0 saturated carbocycles. The molecule has 0 radical (unpaired) electrons. The van der Waals surface area contributed by atoms with Crippen LogP contribution in [0.2, 0.25) is 5.02 Å². The summed E-state index contributed by atoms with van der Waals surface area (Å²) in [6.45, 7) is 2.02. The first-order valence-corrected chi connectivity index (χ1v) is 8.08. The van der Waals surface area contributed by atoms with Gasteiger partial charge in [0.05, 0.1) is 18.2 Å². The predicted molar refractivity (Wildman–Crippen MR) is 96.8 cm³/mol. The molecule has 6 heteroatoms. The minimum Gasteiger partial charge on any atom is -0.480 e. The fourth-order valence-corrected chi connectivity index (χ4v) is 2.81. The number of fused-ring (bicyclic) bond motifs is 1. The summed E-state index contributed by atoms with van der Waals surface area (Å²) in [4.78, 5) is 9.08. The smallest absolute Gasteiger partial charge is 0.258 e. The van der Waals surface area contributed by atoms with E-state index in [0.717, 1.165) is 22.0 Å². The molecule has 2 aromatic carbocycles. The summed E-state index contributed by atoms with van der Waals surface area (Å²) in [5, 5.41) is 5.73. The van der Waals surface area contributed by atoms with Gasteiger partial charge in [-0.3, -0.25) is 0 Å². The monoisotopic (exact) mass is 351 g/mol. The van der Waals surface area contributed by atoms with Crippen molar-refractivity contribution >= 4 is 22.5 Å². The molecule has 2 heterocycles. The number of ether oxygens (including phenoxy) is 1. The number of para-hydroxylation sites is 1. The Labute approximate surface area is 149 Å². The first kappa shape index (κ1) is 15.6. The normalized spacial score (nSPS) is 11.0. The van der Waals surface area contributed by atoms with E-state index in [2.05, 4.69) is 15.1 Å². The molecule has 2 aromatic heterocycles. The highest BCUT2D eigenvalue weighted by molar-refractivity contribution is 6.30. The second kappa shape index (κ2) is 6.18. The Morgan fingerprint density at radius 2 is 1.84 bits per heavy atom. The number of methoxy groups -OCH3 is 1. The van der Waals surface area contributed by atoms with Gasteiger partial charge in [0.15, 0.2) is 0 Å². The fraction of sp³-hybridized carbons (Fsp3) is 0.105. The highest BCUT2D eigenvalue weighted by Gasteiger charge is 2.17. The van der Waals surface area contributed by atoms with Gasteiger partial charge >= 0.3 is 0 Å². The van der Waals surface area contributed by atoms with E-state index in [0.29, 0.717) is 28.2 Å². The molecule has 5 nitrogen and oxygen atoms in total. The van der Waals surface area contributed by atoms with E-state index in [9.17, 15) is 0 Å². The van der Waals surface area contributed by atoms with Crippen LogP contribution in [0.25, 0.3) is 33.7 Å². The standard InChI is InChI=1S/C19H14ClN3O2/c1-11-4-3-5-13-10-15(19(24-2)21-16(11)13)17-22-18(25-23-17)12-6-8-14(20)9-7-12/h3-10H,1-2H3. The van der Waals surface area contributed by atoms with Crippen molar-refractivity contribution < 1.29 is 9.26 Å². The summed E-state index contributed by atoms with van der Waals surface area (Å²) in [6.07, 6.45) is 0. The molecule has 0 aliphatic carbocycles. The maximum Gasteiger partial charge on any atom is 0.258 e. The summed E-state index contributed by atoms with van der Waals surface area (Å²) in [6, 6.07) is 15.2. The van der Waals surface area contributed by atoms with Gasteiger partial charge in [-0.25, -0.2) is 4.98 Å². The first-order chi connectivity index (χ1) is 12.2. The second-order valence-corrected chi connectivity index (χ2v) is 6.06. The molecular formula is C19H14ClN3O2. The molecule has 0 atom stereocenters. The van der Waals surface area contributed by atoms with Crippen LogP contribution >= 0.6 is 11.6 Å². The molecule has 0 saturated heterocycles. The average Bonchev–Trinajstić information content (AvgIpc) is 3.11. The number of pyridine rings is 1. The van der Waals surface area contributed by atoms with Crippen LogP contribution in [0, 0.1) is 6.92 Å². The van der Waals surface area contributed by atoms with E-state index in [-0.39, 0.29) is 0 Å². The third-order valence-corrected chi connectivity index (χ3v) is 4.22. The van der Waals surface area contributed by atoms with Crippen molar-refractivity contribution in [3.8, 4) is 28.7 Å². The number of halogens is 1. The zero-order valence-electron chi connectivity index (χ0n) is 13.7. The molecule has 4 aromatic rings. The van der Waals surface area contributed by atoms with Crippen LogP contribution in [-0.4, -0.2) is 22.2 Å². The number of aryl methyl sites for hydroxylation is 1. The largest absolute Gasteiger partial charge is 0.480 e. The molecule has 0 spiro atoms. The molecule has 25 heavy (non-hydrogen) atoms. The van der Waals surface area contributed by atoms with Crippen molar-refractivity contribution in [2.75, 3.05) is 7.11 Å². The molecule has 0 aliphatic heterocycles. The summed E-state index contributed by atoms with van der Waals surface area (Å²) in [5.41, 5.74) is 3.46. The lowest BCUT2D eigenvalue weighted by atomic mass is 10.1. The second-order valence-electron chi connectivity index (χ2n) is 5.62. The van der Waals surface area contributed by atoms with E-state index in [1.807, 2.05) is 43.3 Å². The highest BCUT2D eigenvalue weighted by atomic mass is 35.5. The van der Waals surface area contributed by atoms with Gasteiger partial charge in [-0.2, -0.15) is 4.98 Å². The number of aromatic nitrogens is 3. The fourth-order valence-electron chi connectivity index (χ4n) is 2.69. The highest BCUT2D eigenvalue weighted by Crippen LogP contribution is 2.32. The lowest BCUT2D eigenvalue weighted by molar-refractivity contribution is 0.399. The Hall–Kier alpha value is -2.92. The van der Waals surface area contributed by atoms with Gasteiger partial charge < -0.3 is 9.26 Å². The van der Waals surface area contributed by atoms with Crippen LogP contribution in [0.3, 0.4) is 0 Å². The molecule has 0 fully saturated rings. The van der Waals surface area contributed by atoms with E-state index in [1.165, 1.54) is 0 Å². The van der Waals surface area contributed by atoms with Crippen molar-refractivity contribution in [1.29, 1.82) is 0 Å². The molecule has 0 unspecified atom stereocenters. The van der Waals surface area contributed by atoms with Crippen LogP contribution in [0.15, 0.2) is 53.1 Å². The third kappa shape index (κ3) is 2.83. The van der Waals surface area contributed by atoms with Gasteiger partial charge in [0.2, 0.25) is 11.7 Å². The van der Waals surface area contributed by atoms with Crippen LogP contribution in [0.4, 0.5) is 0 Å². The molecule has 0 amide bonds.